The van der Waals surface area contributed by atoms with Gasteiger partial charge in [0.1, 0.15) is 5.25 Å². The monoisotopic (exact) mass is 335 g/mol. The van der Waals surface area contributed by atoms with E-state index in [0.717, 1.165) is 12.8 Å². The van der Waals surface area contributed by atoms with E-state index in [1.54, 1.807) is 19.1 Å². The van der Waals surface area contributed by atoms with Gasteiger partial charge >= 0.3 is 5.97 Å². The molecule has 1 amide bonds. The number of ether oxygens (including phenoxy) is 1. The Kier molecular flexibility index (Phi) is 4.80. The van der Waals surface area contributed by atoms with Gasteiger partial charge in [-0.05, 0) is 31.9 Å². The maximum Gasteiger partial charge on any atom is 0.306 e. The lowest BCUT2D eigenvalue weighted by atomic mass is 9.94. The Morgan fingerprint density at radius 1 is 1.35 bits per heavy atom. The van der Waals surface area contributed by atoms with Crippen molar-refractivity contribution < 1.29 is 18.5 Å². The van der Waals surface area contributed by atoms with E-state index in [2.05, 4.69) is 0 Å². The molecule has 1 unspecified atom stereocenters. The molecule has 4 atom stereocenters. The van der Waals surface area contributed by atoms with Crippen molar-refractivity contribution in [3.8, 4) is 0 Å². The summed E-state index contributed by atoms with van der Waals surface area (Å²) in [5.41, 5.74) is 0. The zero-order chi connectivity index (χ0) is 16.4. The van der Waals surface area contributed by atoms with Gasteiger partial charge in [0.25, 0.3) is 0 Å². The summed E-state index contributed by atoms with van der Waals surface area (Å²) < 4.78 is 18.0. The van der Waals surface area contributed by atoms with Crippen LogP contribution < -0.4 is 0 Å². The van der Waals surface area contributed by atoms with Crippen molar-refractivity contribution in [1.82, 2.24) is 4.90 Å². The molecule has 5 nitrogen and oxygen atoms in total. The molecule has 0 radical (unpaired) electrons. The van der Waals surface area contributed by atoms with Gasteiger partial charge in [0.15, 0.2) is 0 Å². The van der Waals surface area contributed by atoms with Gasteiger partial charge in [-0.2, -0.15) is 0 Å². The van der Waals surface area contributed by atoms with Crippen molar-refractivity contribution in [2.45, 2.75) is 42.4 Å². The molecule has 2 saturated heterocycles. The summed E-state index contributed by atoms with van der Waals surface area (Å²) in [5.74, 6) is -0.622. The lowest BCUT2D eigenvalue weighted by Crippen LogP contribution is -2.33. The van der Waals surface area contributed by atoms with E-state index < -0.39 is 16.0 Å². The molecule has 3 rings (SSSR count). The molecule has 0 aliphatic carbocycles. The van der Waals surface area contributed by atoms with Gasteiger partial charge in [-0.3, -0.25) is 13.8 Å². The van der Waals surface area contributed by atoms with Crippen molar-refractivity contribution in [1.29, 1.82) is 0 Å². The van der Waals surface area contributed by atoms with Crippen LogP contribution in [-0.4, -0.2) is 45.4 Å². The van der Waals surface area contributed by atoms with Gasteiger partial charge < -0.3 is 9.64 Å². The van der Waals surface area contributed by atoms with Gasteiger partial charge in [0.2, 0.25) is 5.91 Å². The Bertz CT molecular complexity index is 618. The molecule has 0 N–H and O–H groups in total. The lowest BCUT2D eigenvalue weighted by Gasteiger charge is -2.20. The highest BCUT2D eigenvalue weighted by Gasteiger charge is 2.53. The summed E-state index contributed by atoms with van der Waals surface area (Å²) >= 11 is 0. The normalized spacial score (nSPS) is 27.8. The molecule has 2 fully saturated rings. The van der Waals surface area contributed by atoms with Crippen LogP contribution in [-0.2, 0) is 25.1 Å². The Labute approximate surface area is 138 Å². The first-order chi connectivity index (χ1) is 11.1. The summed E-state index contributed by atoms with van der Waals surface area (Å²) in [6, 6.07) is 9.04. The SMILES string of the molecule is CCOC(=O)C[C@@H]1[C@H]2CCCN2C(=O)[C@H]1S(=O)c1ccccc1. The lowest BCUT2D eigenvalue weighted by molar-refractivity contribution is -0.144. The summed E-state index contributed by atoms with van der Waals surface area (Å²) in [6.07, 6.45) is 1.97. The molecule has 2 aliphatic heterocycles. The average molecular weight is 335 g/mol. The molecular weight excluding hydrogens is 314 g/mol. The first-order valence-corrected chi connectivity index (χ1v) is 9.26. The Hall–Kier alpha value is -1.69. The molecule has 2 heterocycles. The number of rotatable bonds is 5. The van der Waals surface area contributed by atoms with Crippen LogP contribution in [0, 0.1) is 5.92 Å². The van der Waals surface area contributed by atoms with E-state index in [0.29, 0.717) is 18.0 Å². The molecule has 23 heavy (non-hydrogen) atoms. The van der Waals surface area contributed by atoms with Crippen LogP contribution >= 0.6 is 0 Å². The topological polar surface area (TPSA) is 63.7 Å². The number of carbonyl (C=O) groups is 2. The van der Waals surface area contributed by atoms with E-state index in [1.165, 1.54) is 0 Å². The largest absolute Gasteiger partial charge is 0.466 e. The number of amides is 1. The van der Waals surface area contributed by atoms with E-state index in [-0.39, 0.29) is 30.3 Å². The molecule has 0 saturated carbocycles. The van der Waals surface area contributed by atoms with Gasteiger partial charge in [-0.25, -0.2) is 0 Å². The minimum absolute atomic E-state index is 0.0181. The van der Waals surface area contributed by atoms with Crippen LogP contribution in [0.1, 0.15) is 26.2 Å². The summed E-state index contributed by atoms with van der Waals surface area (Å²) in [6.45, 7) is 2.78. The van der Waals surface area contributed by atoms with Crippen molar-refractivity contribution in [3.63, 3.8) is 0 Å². The van der Waals surface area contributed by atoms with Crippen LogP contribution in [0.2, 0.25) is 0 Å². The predicted octanol–water partition coefficient (Wildman–Crippen LogP) is 1.74. The first-order valence-electron chi connectivity index (χ1n) is 8.05. The quantitative estimate of drug-likeness (QED) is 0.769. The standard InChI is InChI=1S/C17H21NO4S/c1-2-22-15(19)11-13-14-9-6-10-18(14)17(20)16(13)23(21)12-7-4-3-5-8-12/h3-5,7-8,13-14,16H,2,6,9-11H2,1H3/t13-,14-,16+,23?/m1/s1. The summed E-state index contributed by atoms with van der Waals surface area (Å²) in [7, 11) is -1.45. The van der Waals surface area contributed by atoms with Crippen LogP contribution in [0.3, 0.4) is 0 Å². The maximum atomic E-state index is 12.9. The number of nitrogens with zero attached hydrogens (tertiary/aromatic N) is 1. The minimum atomic E-state index is -1.45. The van der Waals surface area contributed by atoms with Gasteiger partial charge in [0, 0.05) is 23.4 Å². The minimum Gasteiger partial charge on any atom is -0.466 e. The van der Waals surface area contributed by atoms with Crippen molar-refractivity contribution in [2.75, 3.05) is 13.2 Å². The number of fused-ring (bicyclic) bond motifs is 1. The number of hydrogen-bond acceptors (Lipinski definition) is 4. The predicted molar refractivity (Wildman–Crippen MR) is 86.1 cm³/mol. The second-order valence-corrected chi connectivity index (χ2v) is 7.52. The zero-order valence-electron chi connectivity index (χ0n) is 13.1. The molecule has 0 aromatic heterocycles. The third-order valence-corrected chi connectivity index (χ3v) is 6.37. The second-order valence-electron chi connectivity index (χ2n) is 5.95. The number of hydrogen-bond donors (Lipinski definition) is 0. The number of esters is 1. The van der Waals surface area contributed by atoms with Crippen molar-refractivity contribution in [3.05, 3.63) is 30.3 Å². The number of carbonyl (C=O) groups excluding carboxylic acids is 2. The third-order valence-electron chi connectivity index (χ3n) is 4.62. The van der Waals surface area contributed by atoms with E-state index in [1.807, 2.05) is 23.1 Å². The highest BCUT2D eigenvalue weighted by Crippen LogP contribution is 2.39. The van der Waals surface area contributed by atoms with Crippen LogP contribution in [0.5, 0.6) is 0 Å². The van der Waals surface area contributed by atoms with Crippen LogP contribution in [0.15, 0.2) is 35.2 Å². The van der Waals surface area contributed by atoms with Crippen LogP contribution in [0.25, 0.3) is 0 Å². The molecule has 2 aliphatic rings. The van der Waals surface area contributed by atoms with Gasteiger partial charge in [-0.15, -0.1) is 0 Å². The van der Waals surface area contributed by atoms with E-state index in [4.69, 9.17) is 4.74 Å². The molecule has 1 aromatic carbocycles. The fourth-order valence-corrected chi connectivity index (χ4v) is 5.30. The Balaban J connectivity index is 1.87. The highest BCUT2D eigenvalue weighted by atomic mass is 32.2. The highest BCUT2D eigenvalue weighted by molar-refractivity contribution is 7.86. The Morgan fingerprint density at radius 3 is 2.78 bits per heavy atom. The summed E-state index contributed by atoms with van der Waals surface area (Å²) in [4.78, 5) is 27.1. The number of benzene rings is 1. The summed E-state index contributed by atoms with van der Waals surface area (Å²) in [5, 5.41) is -0.646. The Morgan fingerprint density at radius 2 is 2.09 bits per heavy atom. The first kappa shape index (κ1) is 16.2. The smallest absolute Gasteiger partial charge is 0.306 e. The molecule has 0 bridgehead atoms. The molecule has 0 spiro atoms. The molecule has 124 valence electrons. The van der Waals surface area contributed by atoms with Gasteiger partial charge in [-0.1, -0.05) is 18.2 Å². The fourth-order valence-electron chi connectivity index (χ4n) is 3.67. The second kappa shape index (κ2) is 6.83. The fraction of sp³-hybridized carbons (Fsp3) is 0.529. The molecule has 1 aromatic rings. The average Bonchev–Trinajstić information content (AvgIpc) is 3.12. The van der Waals surface area contributed by atoms with Crippen molar-refractivity contribution >= 4 is 22.7 Å². The van der Waals surface area contributed by atoms with Crippen LogP contribution in [0.4, 0.5) is 0 Å². The van der Waals surface area contributed by atoms with E-state index >= 15 is 0 Å². The zero-order valence-corrected chi connectivity index (χ0v) is 14.0. The van der Waals surface area contributed by atoms with Gasteiger partial charge in [0.05, 0.1) is 23.8 Å². The third kappa shape index (κ3) is 3.04. The maximum absolute atomic E-state index is 12.9. The molecular formula is C17H21NO4S. The van der Waals surface area contributed by atoms with Crippen molar-refractivity contribution in [2.24, 2.45) is 5.92 Å². The molecule has 6 heteroatoms. The van der Waals surface area contributed by atoms with E-state index in [9.17, 15) is 13.8 Å².